The Morgan fingerprint density at radius 2 is 2.09 bits per heavy atom. The summed E-state index contributed by atoms with van der Waals surface area (Å²) in [6.07, 6.45) is 6.03. The number of aliphatic hydroxyl groups excluding tert-OH is 1. The van der Waals surface area contributed by atoms with Crippen LogP contribution in [-0.2, 0) is 0 Å². The van der Waals surface area contributed by atoms with Gasteiger partial charge < -0.3 is 5.11 Å². The van der Waals surface area contributed by atoms with E-state index in [1.807, 2.05) is 0 Å². The summed E-state index contributed by atoms with van der Waals surface area (Å²) in [5, 5.41) is 9.67. The van der Waals surface area contributed by atoms with Gasteiger partial charge in [-0.05, 0) is 31.1 Å². The molecule has 0 aliphatic heterocycles. The third-order valence-corrected chi connectivity index (χ3v) is 2.88. The van der Waals surface area contributed by atoms with Crippen molar-refractivity contribution in [2.45, 2.75) is 52.1 Å². The minimum absolute atomic E-state index is 0.00120. The van der Waals surface area contributed by atoms with Crippen LogP contribution in [0.2, 0.25) is 0 Å². The largest absolute Gasteiger partial charge is 0.393 e. The zero-order valence-corrected chi connectivity index (χ0v) is 7.71. The van der Waals surface area contributed by atoms with Crippen LogP contribution in [0.25, 0.3) is 0 Å². The van der Waals surface area contributed by atoms with Crippen molar-refractivity contribution in [3.05, 3.63) is 0 Å². The molecule has 0 saturated heterocycles. The van der Waals surface area contributed by atoms with Crippen LogP contribution in [-0.4, -0.2) is 11.2 Å². The molecule has 0 heterocycles. The van der Waals surface area contributed by atoms with E-state index >= 15 is 0 Å². The molecule has 11 heavy (non-hydrogen) atoms. The maximum Gasteiger partial charge on any atom is 0.0570 e. The predicted molar refractivity (Wildman–Crippen MR) is 47.4 cm³/mol. The Kier molecular flexibility index (Phi) is 3.38. The molecule has 3 atom stereocenters. The first-order valence-electron chi connectivity index (χ1n) is 4.92. The number of hydrogen-bond donors (Lipinski definition) is 1. The molecule has 1 heteroatoms. The highest BCUT2D eigenvalue weighted by Crippen LogP contribution is 2.31. The molecule has 0 spiro atoms. The van der Waals surface area contributed by atoms with Crippen LogP contribution >= 0.6 is 0 Å². The van der Waals surface area contributed by atoms with Crippen LogP contribution in [0.4, 0.5) is 0 Å². The van der Waals surface area contributed by atoms with Gasteiger partial charge in [0.2, 0.25) is 0 Å². The van der Waals surface area contributed by atoms with Crippen LogP contribution in [0.5, 0.6) is 0 Å². The molecule has 1 saturated carbocycles. The van der Waals surface area contributed by atoms with Gasteiger partial charge in [0.1, 0.15) is 0 Å². The second-order valence-corrected chi connectivity index (χ2v) is 4.03. The van der Waals surface area contributed by atoms with Gasteiger partial charge in [-0.1, -0.05) is 26.7 Å². The summed E-state index contributed by atoms with van der Waals surface area (Å²) in [6, 6.07) is 0. The first-order valence-corrected chi connectivity index (χ1v) is 4.92. The molecule has 0 amide bonds. The molecule has 1 nitrogen and oxygen atoms in total. The topological polar surface area (TPSA) is 20.2 Å². The van der Waals surface area contributed by atoms with E-state index in [4.69, 9.17) is 0 Å². The van der Waals surface area contributed by atoms with Crippen LogP contribution in [0, 0.1) is 11.8 Å². The van der Waals surface area contributed by atoms with Crippen molar-refractivity contribution in [1.82, 2.24) is 0 Å². The molecule has 0 unspecified atom stereocenters. The lowest BCUT2D eigenvalue weighted by Crippen LogP contribution is -2.28. The summed E-state index contributed by atoms with van der Waals surface area (Å²) in [4.78, 5) is 0. The minimum Gasteiger partial charge on any atom is -0.393 e. The smallest absolute Gasteiger partial charge is 0.0570 e. The highest BCUT2D eigenvalue weighted by Gasteiger charge is 2.25. The Hall–Kier alpha value is -0.0400. The quantitative estimate of drug-likeness (QED) is 0.651. The van der Waals surface area contributed by atoms with Crippen molar-refractivity contribution in [2.24, 2.45) is 11.8 Å². The van der Waals surface area contributed by atoms with Gasteiger partial charge in [0.15, 0.2) is 0 Å². The van der Waals surface area contributed by atoms with Crippen molar-refractivity contribution < 1.29 is 5.11 Å². The molecule has 0 radical (unpaired) electrons. The Bertz CT molecular complexity index is 111. The number of rotatable bonds is 2. The van der Waals surface area contributed by atoms with Gasteiger partial charge in [-0.25, -0.2) is 0 Å². The highest BCUT2D eigenvalue weighted by molar-refractivity contribution is 4.77. The molecule has 1 aliphatic rings. The van der Waals surface area contributed by atoms with Gasteiger partial charge in [-0.15, -0.1) is 0 Å². The zero-order valence-electron chi connectivity index (χ0n) is 7.71. The van der Waals surface area contributed by atoms with E-state index in [1.165, 1.54) is 25.7 Å². The molecule has 0 bridgehead atoms. The van der Waals surface area contributed by atoms with E-state index in [2.05, 4.69) is 13.8 Å². The van der Waals surface area contributed by atoms with E-state index in [9.17, 15) is 5.11 Å². The molecule has 1 N–H and O–H groups in total. The van der Waals surface area contributed by atoms with E-state index in [0.29, 0.717) is 5.92 Å². The van der Waals surface area contributed by atoms with Crippen LogP contribution in [0.15, 0.2) is 0 Å². The Morgan fingerprint density at radius 3 is 2.64 bits per heavy atom. The van der Waals surface area contributed by atoms with Crippen LogP contribution < -0.4 is 0 Å². The van der Waals surface area contributed by atoms with Crippen molar-refractivity contribution in [3.8, 4) is 0 Å². The van der Waals surface area contributed by atoms with E-state index in [1.54, 1.807) is 0 Å². The lowest BCUT2D eigenvalue weighted by atomic mass is 9.79. The molecular formula is C10H20O. The summed E-state index contributed by atoms with van der Waals surface area (Å²) < 4.78 is 0. The minimum atomic E-state index is -0.00120. The maximum atomic E-state index is 9.67. The van der Waals surface area contributed by atoms with Crippen LogP contribution in [0.3, 0.4) is 0 Å². The Morgan fingerprint density at radius 1 is 1.36 bits per heavy atom. The van der Waals surface area contributed by atoms with Crippen molar-refractivity contribution >= 4 is 0 Å². The van der Waals surface area contributed by atoms with Gasteiger partial charge >= 0.3 is 0 Å². The summed E-state index contributed by atoms with van der Waals surface area (Å²) in [5.41, 5.74) is 0. The standard InChI is InChI=1S/C10H20O/c1-3-4-9-6-5-8(2)7-10(9)11/h8-11H,3-7H2,1-2H3/t8-,9+,10+/m0/s1. The number of hydrogen-bond acceptors (Lipinski definition) is 1. The third-order valence-electron chi connectivity index (χ3n) is 2.88. The second-order valence-electron chi connectivity index (χ2n) is 4.03. The van der Waals surface area contributed by atoms with Gasteiger partial charge in [-0.3, -0.25) is 0 Å². The summed E-state index contributed by atoms with van der Waals surface area (Å²) in [7, 11) is 0. The Balaban J connectivity index is 2.31. The highest BCUT2D eigenvalue weighted by atomic mass is 16.3. The molecule has 66 valence electrons. The van der Waals surface area contributed by atoms with E-state index in [-0.39, 0.29) is 6.10 Å². The first kappa shape index (κ1) is 9.05. The first-order chi connectivity index (χ1) is 5.24. The molecule has 0 aromatic rings. The summed E-state index contributed by atoms with van der Waals surface area (Å²) >= 11 is 0. The second kappa shape index (κ2) is 4.10. The SMILES string of the molecule is CCC[C@@H]1CC[C@H](C)C[C@H]1O. The van der Waals surface area contributed by atoms with E-state index in [0.717, 1.165) is 12.3 Å². The molecule has 0 aromatic carbocycles. The average Bonchev–Trinajstić information content (AvgIpc) is 1.95. The predicted octanol–water partition coefficient (Wildman–Crippen LogP) is 2.58. The van der Waals surface area contributed by atoms with Gasteiger partial charge in [0, 0.05) is 0 Å². The Labute approximate surface area is 69.8 Å². The molecule has 1 fully saturated rings. The van der Waals surface area contributed by atoms with Crippen molar-refractivity contribution in [2.75, 3.05) is 0 Å². The lowest BCUT2D eigenvalue weighted by molar-refractivity contribution is 0.0444. The van der Waals surface area contributed by atoms with Crippen molar-refractivity contribution in [3.63, 3.8) is 0 Å². The fourth-order valence-corrected chi connectivity index (χ4v) is 2.12. The molecule has 0 aromatic heterocycles. The fourth-order valence-electron chi connectivity index (χ4n) is 2.12. The maximum absolute atomic E-state index is 9.67. The molecular weight excluding hydrogens is 136 g/mol. The van der Waals surface area contributed by atoms with Crippen LogP contribution in [0.1, 0.15) is 46.0 Å². The van der Waals surface area contributed by atoms with Crippen molar-refractivity contribution in [1.29, 1.82) is 0 Å². The third kappa shape index (κ3) is 2.48. The number of aliphatic hydroxyl groups is 1. The fraction of sp³-hybridized carbons (Fsp3) is 1.00. The van der Waals surface area contributed by atoms with Gasteiger partial charge in [0.05, 0.1) is 6.10 Å². The zero-order chi connectivity index (χ0) is 8.27. The average molecular weight is 156 g/mol. The summed E-state index contributed by atoms with van der Waals surface area (Å²) in [5.74, 6) is 1.36. The lowest BCUT2D eigenvalue weighted by Gasteiger charge is -2.31. The summed E-state index contributed by atoms with van der Waals surface area (Å²) in [6.45, 7) is 4.44. The van der Waals surface area contributed by atoms with Gasteiger partial charge in [0.25, 0.3) is 0 Å². The normalized spacial score (nSPS) is 39.0. The van der Waals surface area contributed by atoms with E-state index < -0.39 is 0 Å². The van der Waals surface area contributed by atoms with Gasteiger partial charge in [-0.2, -0.15) is 0 Å². The monoisotopic (exact) mass is 156 g/mol. The molecule has 1 rings (SSSR count). The molecule has 1 aliphatic carbocycles.